The number of hydrogen-bond acceptors (Lipinski definition) is 4. The van der Waals surface area contributed by atoms with Crippen LogP contribution in [0.3, 0.4) is 0 Å². The third kappa shape index (κ3) is 4.36. The van der Waals surface area contributed by atoms with Gasteiger partial charge in [0.2, 0.25) is 11.8 Å². The zero-order valence-electron chi connectivity index (χ0n) is 16.7. The zero-order chi connectivity index (χ0) is 21.1. The van der Waals surface area contributed by atoms with Crippen molar-refractivity contribution in [2.24, 2.45) is 11.7 Å². The largest absolute Gasteiger partial charge is 0.369 e. The molecule has 2 fully saturated rings. The Bertz CT molecular complexity index is 924. The van der Waals surface area contributed by atoms with Gasteiger partial charge in [-0.15, -0.1) is 11.8 Å². The van der Waals surface area contributed by atoms with Crippen molar-refractivity contribution in [1.82, 2.24) is 9.80 Å². The second-order valence-electron chi connectivity index (χ2n) is 7.76. The minimum atomic E-state index is -0.282. The van der Waals surface area contributed by atoms with Crippen LogP contribution in [0.2, 0.25) is 0 Å². The monoisotopic (exact) mass is 423 g/mol. The average Bonchev–Trinajstić information content (AvgIpc) is 3.14. The maximum absolute atomic E-state index is 12.8. The van der Waals surface area contributed by atoms with E-state index in [4.69, 9.17) is 5.73 Å². The van der Waals surface area contributed by atoms with Crippen LogP contribution in [0.15, 0.2) is 54.6 Å². The summed E-state index contributed by atoms with van der Waals surface area (Å²) in [7, 11) is 0. The van der Waals surface area contributed by atoms with Gasteiger partial charge in [0.1, 0.15) is 5.37 Å². The molecule has 0 radical (unpaired) electrons. The maximum Gasteiger partial charge on any atom is 0.253 e. The Morgan fingerprint density at radius 3 is 2.30 bits per heavy atom. The second-order valence-corrected chi connectivity index (χ2v) is 8.83. The van der Waals surface area contributed by atoms with Crippen molar-refractivity contribution in [3.8, 4) is 0 Å². The molecule has 0 spiro atoms. The molecule has 0 aromatic heterocycles. The molecule has 30 heavy (non-hydrogen) atoms. The lowest BCUT2D eigenvalue weighted by atomic mass is 9.96. The first-order valence-corrected chi connectivity index (χ1v) is 11.2. The standard InChI is InChI=1S/C23H25N3O3S/c24-21(28)17-10-12-25(13-11-17)22(29)18-6-8-19(9-7-18)23-26(20(27)15-30-23)14-16-4-2-1-3-5-16/h1-9,17,23H,10-15H2,(H2,24,28)/t23-/m0/s1. The Hall–Kier alpha value is -2.80. The Balaban J connectivity index is 1.43. The molecule has 7 heteroatoms. The van der Waals surface area contributed by atoms with Gasteiger partial charge in [-0.1, -0.05) is 42.5 Å². The summed E-state index contributed by atoms with van der Waals surface area (Å²) in [6.45, 7) is 1.67. The van der Waals surface area contributed by atoms with Gasteiger partial charge in [0.05, 0.1) is 5.75 Å². The third-order valence-electron chi connectivity index (χ3n) is 5.79. The summed E-state index contributed by atoms with van der Waals surface area (Å²) in [5.74, 6) is 0.152. The van der Waals surface area contributed by atoms with Gasteiger partial charge in [0.25, 0.3) is 5.91 Å². The molecule has 2 aliphatic heterocycles. The van der Waals surface area contributed by atoms with Crippen LogP contribution in [0.4, 0.5) is 0 Å². The van der Waals surface area contributed by atoms with E-state index in [0.29, 0.717) is 43.8 Å². The van der Waals surface area contributed by atoms with Crippen LogP contribution in [0, 0.1) is 5.92 Å². The molecule has 2 N–H and O–H groups in total. The molecule has 3 amide bonds. The Kier molecular flexibility index (Phi) is 6.08. The fraction of sp³-hybridized carbons (Fsp3) is 0.348. The third-order valence-corrected chi connectivity index (χ3v) is 7.05. The number of carbonyl (C=O) groups excluding carboxylic acids is 3. The lowest BCUT2D eigenvalue weighted by Gasteiger charge is -2.30. The number of likely N-dealkylation sites (tertiary alicyclic amines) is 1. The molecule has 0 aliphatic carbocycles. The number of primary amides is 1. The van der Waals surface area contributed by atoms with E-state index in [9.17, 15) is 14.4 Å². The Morgan fingerprint density at radius 1 is 1.00 bits per heavy atom. The van der Waals surface area contributed by atoms with Crippen molar-refractivity contribution in [2.45, 2.75) is 24.8 Å². The SMILES string of the molecule is NC(=O)C1CCN(C(=O)c2ccc([C@@H]3SCC(=O)N3Cc3ccccc3)cc2)CC1. The lowest BCUT2D eigenvalue weighted by molar-refractivity contribution is -0.128. The summed E-state index contributed by atoms with van der Waals surface area (Å²) in [5.41, 5.74) is 8.12. The minimum absolute atomic E-state index is 0.0271. The molecular formula is C23H25N3O3S. The van der Waals surface area contributed by atoms with Crippen LogP contribution < -0.4 is 5.73 Å². The Morgan fingerprint density at radius 2 is 1.67 bits per heavy atom. The van der Waals surface area contributed by atoms with E-state index in [1.807, 2.05) is 59.5 Å². The van der Waals surface area contributed by atoms with Gasteiger partial charge < -0.3 is 15.5 Å². The Labute approximate surface area is 180 Å². The van der Waals surface area contributed by atoms with Crippen molar-refractivity contribution >= 4 is 29.5 Å². The molecule has 6 nitrogen and oxygen atoms in total. The van der Waals surface area contributed by atoms with Crippen LogP contribution in [-0.2, 0) is 16.1 Å². The first-order valence-electron chi connectivity index (χ1n) is 10.2. The highest BCUT2D eigenvalue weighted by molar-refractivity contribution is 8.00. The summed E-state index contributed by atoms with van der Waals surface area (Å²) in [6.07, 6.45) is 1.24. The molecule has 4 rings (SSSR count). The fourth-order valence-electron chi connectivity index (χ4n) is 4.02. The number of thioether (sulfide) groups is 1. The van der Waals surface area contributed by atoms with E-state index in [2.05, 4.69) is 0 Å². The summed E-state index contributed by atoms with van der Waals surface area (Å²) in [5, 5.41) is -0.0480. The molecule has 0 saturated carbocycles. The summed E-state index contributed by atoms with van der Waals surface area (Å²) in [6, 6.07) is 17.5. The van der Waals surface area contributed by atoms with Crippen molar-refractivity contribution in [1.29, 1.82) is 0 Å². The fourth-order valence-corrected chi connectivity index (χ4v) is 5.21. The van der Waals surface area contributed by atoms with Crippen molar-refractivity contribution in [2.75, 3.05) is 18.8 Å². The van der Waals surface area contributed by atoms with Gasteiger partial charge >= 0.3 is 0 Å². The highest BCUT2D eigenvalue weighted by Gasteiger charge is 2.33. The summed E-state index contributed by atoms with van der Waals surface area (Å²) in [4.78, 5) is 40.2. The highest BCUT2D eigenvalue weighted by Crippen LogP contribution is 2.39. The molecule has 2 heterocycles. The van der Waals surface area contributed by atoms with Crippen LogP contribution in [0.5, 0.6) is 0 Å². The number of hydrogen-bond donors (Lipinski definition) is 1. The molecule has 2 aromatic carbocycles. The van der Waals surface area contributed by atoms with Gasteiger partial charge in [-0.05, 0) is 36.1 Å². The van der Waals surface area contributed by atoms with Crippen LogP contribution >= 0.6 is 11.8 Å². The smallest absolute Gasteiger partial charge is 0.253 e. The number of benzene rings is 2. The van der Waals surface area contributed by atoms with Crippen LogP contribution in [-0.4, -0.2) is 46.4 Å². The first kappa shape index (κ1) is 20.5. The molecule has 0 unspecified atom stereocenters. The predicted molar refractivity (Wildman–Crippen MR) is 116 cm³/mol. The lowest BCUT2D eigenvalue weighted by Crippen LogP contribution is -2.41. The topological polar surface area (TPSA) is 83.7 Å². The minimum Gasteiger partial charge on any atom is -0.369 e. The van der Waals surface area contributed by atoms with Crippen LogP contribution in [0.25, 0.3) is 0 Å². The van der Waals surface area contributed by atoms with E-state index >= 15 is 0 Å². The van der Waals surface area contributed by atoms with Crippen molar-refractivity contribution in [3.05, 3.63) is 71.3 Å². The highest BCUT2D eigenvalue weighted by atomic mass is 32.2. The van der Waals surface area contributed by atoms with Gasteiger partial charge in [-0.3, -0.25) is 14.4 Å². The summed E-state index contributed by atoms with van der Waals surface area (Å²) >= 11 is 1.61. The normalized spacial score (nSPS) is 19.9. The number of piperidine rings is 1. The number of nitrogens with two attached hydrogens (primary N) is 1. The van der Waals surface area contributed by atoms with Crippen molar-refractivity contribution in [3.63, 3.8) is 0 Å². The zero-order valence-corrected chi connectivity index (χ0v) is 17.5. The average molecular weight is 424 g/mol. The second kappa shape index (κ2) is 8.92. The van der Waals surface area contributed by atoms with Crippen LogP contribution in [0.1, 0.15) is 39.7 Å². The molecule has 0 bridgehead atoms. The molecule has 2 aliphatic rings. The molecule has 2 saturated heterocycles. The van der Waals surface area contributed by atoms with Crippen molar-refractivity contribution < 1.29 is 14.4 Å². The van der Waals surface area contributed by atoms with E-state index in [0.717, 1.165) is 11.1 Å². The van der Waals surface area contributed by atoms with E-state index in [1.165, 1.54) is 0 Å². The predicted octanol–water partition coefficient (Wildman–Crippen LogP) is 2.80. The molecular weight excluding hydrogens is 398 g/mol. The van der Waals surface area contributed by atoms with E-state index in [1.54, 1.807) is 16.7 Å². The summed E-state index contributed by atoms with van der Waals surface area (Å²) < 4.78 is 0. The van der Waals surface area contributed by atoms with Gasteiger partial charge in [-0.25, -0.2) is 0 Å². The number of carbonyl (C=O) groups is 3. The van der Waals surface area contributed by atoms with Gasteiger partial charge in [0.15, 0.2) is 0 Å². The van der Waals surface area contributed by atoms with Gasteiger partial charge in [-0.2, -0.15) is 0 Å². The molecule has 1 atom stereocenters. The number of nitrogens with zero attached hydrogens (tertiary/aromatic N) is 2. The van der Waals surface area contributed by atoms with E-state index in [-0.39, 0.29) is 29.0 Å². The number of amides is 3. The quantitative estimate of drug-likeness (QED) is 0.802. The number of rotatable bonds is 5. The molecule has 156 valence electrons. The molecule has 2 aromatic rings. The first-order chi connectivity index (χ1) is 14.5. The van der Waals surface area contributed by atoms with Gasteiger partial charge in [0, 0.05) is 31.1 Å². The maximum atomic E-state index is 12.8. The van der Waals surface area contributed by atoms with E-state index < -0.39 is 0 Å².